The van der Waals surface area contributed by atoms with Gasteiger partial charge in [-0.25, -0.2) is 18.2 Å². The van der Waals surface area contributed by atoms with Crippen LogP contribution in [0.15, 0.2) is 85.3 Å². The molecule has 2 atom stereocenters. The summed E-state index contributed by atoms with van der Waals surface area (Å²) in [5.74, 6) is -3.78. The van der Waals surface area contributed by atoms with E-state index in [0.717, 1.165) is 78.8 Å². The van der Waals surface area contributed by atoms with Crippen LogP contribution in [-0.4, -0.2) is 108 Å². The third-order valence-electron chi connectivity index (χ3n) is 13.1. The lowest BCUT2D eigenvalue weighted by Gasteiger charge is -2.61. The highest BCUT2D eigenvalue weighted by Crippen LogP contribution is 2.42. The molecule has 5 aliphatic heterocycles. The van der Waals surface area contributed by atoms with Crippen molar-refractivity contribution in [1.29, 1.82) is 0 Å². The standard InChI is InChI=1S/C46H45F3N8O5S/c1-27-4-13-39(44(59)52-27)57-21-31-17-28(5-10-34(31)45(57)60)3-2-15-54-23-46(24-54)25-55(26-46)33-8-6-29(7-9-33)30-18-35-36(20-51-43(35)50-19-30)42(58)40-37(48)11-12-38(41(40)49)53-63(61,62)56-16-14-32(47)22-56/h5-12,17-20,32,39,53H,1-4,13-16,21-26H2,(H,50,51)(H,52,59)/t32-,39?/m1/s1. The van der Waals surface area contributed by atoms with E-state index < -0.39 is 51.1 Å². The second kappa shape index (κ2) is 15.6. The Labute approximate surface area is 362 Å². The molecule has 3 N–H and O–H groups in total. The molecule has 1 unspecified atom stereocenters. The van der Waals surface area contributed by atoms with Crippen LogP contribution in [0.2, 0.25) is 0 Å². The van der Waals surface area contributed by atoms with Crippen molar-refractivity contribution in [1.82, 2.24) is 29.4 Å². The van der Waals surface area contributed by atoms with Crippen molar-refractivity contribution in [3.8, 4) is 11.1 Å². The lowest BCUT2D eigenvalue weighted by Crippen LogP contribution is -2.72. The number of nitrogens with zero attached hydrogens (tertiary/aromatic N) is 5. The van der Waals surface area contributed by atoms with E-state index in [4.69, 9.17) is 0 Å². The number of aromatic amines is 1. The molecule has 17 heteroatoms. The van der Waals surface area contributed by atoms with Crippen LogP contribution < -0.4 is 14.9 Å². The summed E-state index contributed by atoms with van der Waals surface area (Å²) in [7, 11) is -4.35. The third-order valence-corrected chi connectivity index (χ3v) is 14.6. The van der Waals surface area contributed by atoms with Crippen LogP contribution in [0, 0.1) is 17.0 Å². The Morgan fingerprint density at radius 3 is 2.52 bits per heavy atom. The number of likely N-dealkylation sites (tertiary alicyclic amines) is 1. The summed E-state index contributed by atoms with van der Waals surface area (Å²) in [6.45, 7) is 8.82. The van der Waals surface area contributed by atoms with Gasteiger partial charge in [0, 0.05) is 97.1 Å². The number of hydrogen-bond acceptors (Lipinski definition) is 8. The molecule has 7 heterocycles. The van der Waals surface area contributed by atoms with E-state index in [9.17, 15) is 27.2 Å². The van der Waals surface area contributed by atoms with Gasteiger partial charge in [-0.3, -0.25) is 19.1 Å². The van der Waals surface area contributed by atoms with Gasteiger partial charge in [0.25, 0.3) is 5.91 Å². The zero-order valence-corrected chi connectivity index (χ0v) is 35.1. The van der Waals surface area contributed by atoms with Crippen LogP contribution in [0.4, 0.5) is 24.5 Å². The Hall–Kier alpha value is -6.04. The number of alkyl halides is 1. The van der Waals surface area contributed by atoms with E-state index in [0.29, 0.717) is 47.2 Å². The van der Waals surface area contributed by atoms with Gasteiger partial charge >= 0.3 is 10.2 Å². The largest absolute Gasteiger partial charge is 0.370 e. The van der Waals surface area contributed by atoms with Crippen LogP contribution >= 0.6 is 0 Å². The molecular weight excluding hydrogens is 834 g/mol. The van der Waals surface area contributed by atoms with Crippen molar-refractivity contribution in [2.75, 3.05) is 55.4 Å². The summed E-state index contributed by atoms with van der Waals surface area (Å²) in [6, 6.07) is 17.1. The van der Waals surface area contributed by atoms with Crippen LogP contribution in [0.5, 0.6) is 0 Å². The normalized spacial score (nSPS) is 21.2. The molecule has 4 saturated heterocycles. The number of fused-ring (bicyclic) bond motifs is 2. The molecule has 2 aromatic heterocycles. The molecule has 13 nitrogen and oxygen atoms in total. The van der Waals surface area contributed by atoms with Gasteiger partial charge in [0.2, 0.25) is 11.7 Å². The Morgan fingerprint density at radius 1 is 0.984 bits per heavy atom. The minimum Gasteiger partial charge on any atom is -0.370 e. The average Bonchev–Trinajstić information content (AvgIpc) is 3.96. The molecule has 0 aliphatic carbocycles. The van der Waals surface area contributed by atoms with Gasteiger partial charge in [-0.05, 0) is 91.7 Å². The summed E-state index contributed by atoms with van der Waals surface area (Å²) < 4.78 is 73.0. The minimum atomic E-state index is -4.35. The highest BCUT2D eigenvalue weighted by molar-refractivity contribution is 7.90. The molecule has 326 valence electrons. The number of ketones is 1. The fraction of sp³-hybridized carbons (Fsp3) is 0.348. The molecule has 2 amide bonds. The number of piperidine rings is 1. The van der Waals surface area contributed by atoms with E-state index >= 15 is 8.78 Å². The maximum atomic E-state index is 15.7. The van der Waals surface area contributed by atoms with Crippen LogP contribution in [0.3, 0.4) is 0 Å². The molecule has 4 fully saturated rings. The number of amides is 2. The number of halogens is 3. The summed E-state index contributed by atoms with van der Waals surface area (Å²) in [5.41, 5.74) is 5.19. The van der Waals surface area contributed by atoms with Crippen molar-refractivity contribution in [2.24, 2.45) is 5.41 Å². The molecule has 5 aromatic rings. The summed E-state index contributed by atoms with van der Waals surface area (Å²) >= 11 is 0. The van der Waals surface area contributed by atoms with Crippen LogP contribution in [0.1, 0.15) is 63.1 Å². The fourth-order valence-corrected chi connectivity index (χ4v) is 11.1. The summed E-state index contributed by atoms with van der Waals surface area (Å²) in [6.07, 6.45) is 4.82. The number of aryl methyl sites for hydroxylation is 1. The number of carbonyl (C=O) groups is 3. The second-order valence-corrected chi connectivity index (χ2v) is 19.2. The molecule has 5 aliphatic rings. The maximum Gasteiger partial charge on any atom is 0.301 e. The quantitative estimate of drug-likeness (QED) is 0.130. The van der Waals surface area contributed by atoms with Gasteiger partial charge in [-0.2, -0.15) is 12.7 Å². The Kier molecular flexibility index (Phi) is 10.2. The predicted molar refractivity (Wildman–Crippen MR) is 231 cm³/mol. The van der Waals surface area contributed by atoms with E-state index in [1.807, 2.05) is 41.1 Å². The minimum absolute atomic E-state index is 0.00667. The first-order chi connectivity index (χ1) is 30.2. The number of anilines is 2. The number of carbonyl (C=O) groups excluding carboxylic acids is 3. The number of benzene rings is 3. The van der Waals surface area contributed by atoms with Gasteiger partial charge in [0.05, 0.1) is 11.3 Å². The van der Waals surface area contributed by atoms with Gasteiger partial charge in [0.15, 0.2) is 5.82 Å². The number of nitrogens with one attached hydrogen (secondary N) is 3. The van der Waals surface area contributed by atoms with Crippen molar-refractivity contribution in [3.05, 3.63) is 125 Å². The third kappa shape index (κ3) is 7.54. The topological polar surface area (TPSA) is 151 Å². The first-order valence-electron chi connectivity index (χ1n) is 21.2. The first-order valence-corrected chi connectivity index (χ1v) is 22.6. The molecule has 3 aromatic carbocycles. The average molecular weight is 879 g/mol. The highest BCUT2D eigenvalue weighted by Gasteiger charge is 2.51. The SMILES string of the molecule is C=C1CCC(N2Cc3cc(CCCN4CC5(C4)CN(c4ccc(-c6cnc7[nH]cc(C(=O)c8c(F)ccc(NS(=O)(=O)N9CC[C@@H](F)C9)c8F)c7c6)cc4)C5)ccc3C2=O)C(=O)N1. The zero-order valence-electron chi connectivity index (χ0n) is 34.3. The van der Waals surface area contributed by atoms with Gasteiger partial charge in [0.1, 0.15) is 23.7 Å². The van der Waals surface area contributed by atoms with E-state index in [1.165, 1.54) is 11.8 Å². The second-order valence-electron chi connectivity index (χ2n) is 17.6. The first kappa shape index (κ1) is 41.0. The molecule has 1 spiro atoms. The molecule has 0 bridgehead atoms. The van der Waals surface area contributed by atoms with Gasteiger partial charge in [-0.1, -0.05) is 30.8 Å². The van der Waals surface area contributed by atoms with Crippen molar-refractivity contribution >= 4 is 50.2 Å². The van der Waals surface area contributed by atoms with Gasteiger partial charge < -0.3 is 25.0 Å². The fourth-order valence-electron chi connectivity index (χ4n) is 9.87. The monoisotopic (exact) mass is 878 g/mol. The number of hydrogen-bond donors (Lipinski definition) is 3. The zero-order chi connectivity index (χ0) is 43.8. The highest BCUT2D eigenvalue weighted by atomic mass is 32.2. The molecule has 10 rings (SSSR count). The summed E-state index contributed by atoms with van der Waals surface area (Å²) in [4.78, 5) is 53.3. The number of H-pyrrole nitrogens is 1. The Morgan fingerprint density at radius 2 is 1.78 bits per heavy atom. The van der Waals surface area contributed by atoms with E-state index in [2.05, 4.69) is 37.7 Å². The predicted octanol–water partition coefficient (Wildman–Crippen LogP) is 5.94. The van der Waals surface area contributed by atoms with Crippen LogP contribution in [0.25, 0.3) is 22.2 Å². The maximum absolute atomic E-state index is 15.7. The number of aromatic nitrogens is 2. The lowest BCUT2D eigenvalue weighted by molar-refractivity contribution is -0.126. The smallest absolute Gasteiger partial charge is 0.301 e. The van der Waals surface area contributed by atoms with Crippen molar-refractivity contribution < 1.29 is 36.0 Å². The lowest BCUT2D eigenvalue weighted by atomic mass is 9.72. The van der Waals surface area contributed by atoms with E-state index in [1.54, 1.807) is 17.2 Å². The molecule has 63 heavy (non-hydrogen) atoms. The number of pyridine rings is 1. The number of rotatable bonds is 12. The number of allylic oxidation sites excluding steroid dienone is 1. The van der Waals surface area contributed by atoms with Crippen molar-refractivity contribution in [3.63, 3.8) is 0 Å². The molecule has 0 saturated carbocycles. The van der Waals surface area contributed by atoms with Gasteiger partial charge in [-0.15, -0.1) is 0 Å². The molecular formula is C46H45F3N8O5S. The van der Waals surface area contributed by atoms with Crippen LogP contribution in [-0.2, 0) is 28.0 Å². The van der Waals surface area contributed by atoms with Crippen molar-refractivity contribution in [2.45, 2.75) is 50.9 Å². The van der Waals surface area contributed by atoms with E-state index in [-0.39, 0.29) is 42.3 Å². The Balaban J connectivity index is 0.729. The summed E-state index contributed by atoms with van der Waals surface area (Å²) in [5, 5.41) is 3.13. The molecule has 0 radical (unpaired) electrons. The Bertz CT molecular complexity index is 2820.